The van der Waals surface area contributed by atoms with Crippen molar-refractivity contribution in [2.24, 2.45) is 0 Å². The second-order valence-electron chi connectivity index (χ2n) is 6.23. The molecule has 2 amide bonds. The Hall–Kier alpha value is -1.56. The van der Waals surface area contributed by atoms with Crippen LogP contribution < -0.4 is 5.32 Å². The number of nitrogens with one attached hydrogen (secondary N) is 1. The number of carbonyl (C=O) groups excluding carboxylic acids is 1. The molecule has 0 aromatic heterocycles. The summed E-state index contributed by atoms with van der Waals surface area (Å²) < 4.78 is 22.8. The van der Waals surface area contributed by atoms with Gasteiger partial charge in [0, 0.05) is 25.4 Å². The maximum atomic E-state index is 12.3. The Morgan fingerprint density at radius 1 is 1.30 bits per heavy atom. The van der Waals surface area contributed by atoms with E-state index in [1.54, 1.807) is 11.8 Å². The first-order valence-electron chi connectivity index (χ1n) is 7.92. The maximum absolute atomic E-state index is 12.3. The van der Waals surface area contributed by atoms with Crippen LogP contribution in [0.15, 0.2) is 24.3 Å². The first-order valence-corrected chi connectivity index (χ1v) is 9.98. The quantitative estimate of drug-likeness (QED) is 0.829. The van der Waals surface area contributed by atoms with Crippen LogP contribution in [0.4, 0.5) is 4.79 Å². The fourth-order valence-corrected chi connectivity index (χ4v) is 3.68. The van der Waals surface area contributed by atoms with Crippen molar-refractivity contribution in [3.05, 3.63) is 35.4 Å². The highest BCUT2D eigenvalue weighted by molar-refractivity contribution is 7.90. The number of aryl methyl sites for hydroxylation is 1. The molecule has 0 fully saturated rings. The third kappa shape index (κ3) is 6.60. The van der Waals surface area contributed by atoms with Gasteiger partial charge in [0.05, 0.1) is 5.75 Å². The summed E-state index contributed by atoms with van der Waals surface area (Å²) in [6, 6.07) is 7.65. The molecule has 130 valence electrons. The van der Waals surface area contributed by atoms with Gasteiger partial charge >= 0.3 is 6.03 Å². The number of amides is 2. The number of carbonyl (C=O) groups is 1. The molecule has 0 saturated heterocycles. The zero-order chi connectivity index (χ0) is 17.6. The van der Waals surface area contributed by atoms with Gasteiger partial charge in [0.25, 0.3) is 0 Å². The molecule has 0 aliphatic heterocycles. The minimum atomic E-state index is -3.11. The number of rotatable bonds is 7. The fourth-order valence-electron chi connectivity index (χ4n) is 2.62. The molecule has 0 radical (unpaired) electrons. The molecule has 5 nitrogen and oxygen atoms in total. The predicted molar refractivity (Wildman–Crippen MR) is 94.5 cm³/mol. The minimum Gasteiger partial charge on any atom is -0.337 e. The van der Waals surface area contributed by atoms with Crippen molar-refractivity contribution in [3.63, 3.8) is 0 Å². The number of nitrogens with zero attached hydrogens (tertiary/aromatic N) is 1. The lowest BCUT2D eigenvalue weighted by molar-refractivity contribution is 0.187. The van der Waals surface area contributed by atoms with E-state index in [2.05, 4.69) is 18.3 Å². The Bertz CT molecular complexity index is 628. The van der Waals surface area contributed by atoms with Gasteiger partial charge in [-0.2, -0.15) is 0 Å². The molecular formula is C17H28N2O3S. The predicted octanol–water partition coefficient (Wildman–Crippen LogP) is 2.56. The van der Waals surface area contributed by atoms with E-state index in [1.165, 1.54) is 17.4 Å². The number of sulfone groups is 1. The lowest BCUT2D eigenvalue weighted by Crippen LogP contribution is -2.48. The molecule has 0 heterocycles. The average Bonchev–Trinajstić information content (AvgIpc) is 2.43. The molecule has 0 aliphatic carbocycles. The average molecular weight is 340 g/mol. The molecule has 1 rings (SSSR count). The molecule has 0 aliphatic rings. The SMILES string of the molecule is CCN(C(=O)NC[C@@H](C)c1cccc(C)c1)[C@H](C)CS(C)(=O)=O. The molecular weight excluding hydrogens is 312 g/mol. The van der Waals surface area contributed by atoms with Crippen molar-refractivity contribution in [2.75, 3.05) is 25.1 Å². The molecule has 23 heavy (non-hydrogen) atoms. The standard InChI is InChI=1S/C17H28N2O3S/c1-6-19(15(4)12-23(5,21)22)17(20)18-11-14(3)16-9-7-8-13(2)10-16/h7-10,14-15H,6,11-12H2,1-5H3,(H,18,20)/t14-,15-/m1/s1. The van der Waals surface area contributed by atoms with Gasteiger partial charge in [0.2, 0.25) is 0 Å². The molecule has 1 aromatic carbocycles. The molecule has 2 atom stereocenters. The van der Waals surface area contributed by atoms with Crippen LogP contribution in [0.25, 0.3) is 0 Å². The highest BCUT2D eigenvalue weighted by atomic mass is 32.2. The van der Waals surface area contributed by atoms with Crippen LogP contribution in [-0.4, -0.2) is 50.5 Å². The summed E-state index contributed by atoms with van der Waals surface area (Å²) in [6.45, 7) is 8.70. The Morgan fingerprint density at radius 2 is 1.96 bits per heavy atom. The summed E-state index contributed by atoms with van der Waals surface area (Å²) in [6.07, 6.45) is 1.19. The Balaban J connectivity index is 2.63. The van der Waals surface area contributed by atoms with Crippen LogP contribution in [0, 0.1) is 6.92 Å². The molecule has 0 bridgehead atoms. The van der Waals surface area contributed by atoms with E-state index >= 15 is 0 Å². The molecule has 1 N–H and O–H groups in total. The van der Waals surface area contributed by atoms with E-state index in [1.807, 2.05) is 32.0 Å². The number of benzene rings is 1. The minimum absolute atomic E-state index is 0.0261. The van der Waals surface area contributed by atoms with Crippen molar-refractivity contribution < 1.29 is 13.2 Å². The normalized spacial score (nSPS) is 14.1. The zero-order valence-electron chi connectivity index (χ0n) is 14.7. The van der Waals surface area contributed by atoms with E-state index < -0.39 is 9.84 Å². The van der Waals surface area contributed by atoms with E-state index in [9.17, 15) is 13.2 Å². The van der Waals surface area contributed by atoms with Crippen molar-refractivity contribution >= 4 is 15.9 Å². The van der Waals surface area contributed by atoms with Gasteiger partial charge in [-0.1, -0.05) is 36.8 Å². The van der Waals surface area contributed by atoms with Crippen LogP contribution in [0.2, 0.25) is 0 Å². The van der Waals surface area contributed by atoms with E-state index in [0.29, 0.717) is 13.1 Å². The monoisotopic (exact) mass is 340 g/mol. The smallest absolute Gasteiger partial charge is 0.317 e. The van der Waals surface area contributed by atoms with Crippen LogP contribution in [0.5, 0.6) is 0 Å². The zero-order valence-corrected chi connectivity index (χ0v) is 15.5. The van der Waals surface area contributed by atoms with Crippen molar-refractivity contribution in [3.8, 4) is 0 Å². The van der Waals surface area contributed by atoms with Gasteiger partial charge in [0.15, 0.2) is 0 Å². The van der Waals surface area contributed by atoms with Crippen molar-refractivity contribution in [1.29, 1.82) is 0 Å². The van der Waals surface area contributed by atoms with Gasteiger partial charge in [-0.25, -0.2) is 13.2 Å². The van der Waals surface area contributed by atoms with Crippen molar-refractivity contribution in [1.82, 2.24) is 10.2 Å². The topological polar surface area (TPSA) is 66.5 Å². The number of hydrogen-bond donors (Lipinski definition) is 1. The van der Waals surface area contributed by atoms with Gasteiger partial charge in [0.1, 0.15) is 9.84 Å². The second-order valence-corrected chi connectivity index (χ2v) is 8.41. The lowest BCUT2D eigenvalue weighted by Gasteiger charge is -2.28. The van der Waals surface area contributed by atoms with Crippen LogP contribution in [0.1, 0.15) is 37.8 Å². The molecule has 1 aromatic rings. The van der Waals surface area contributed by atoms with Crippen LogP contribution in [0.3, 0.4) is 0 Å². The van der Waals surface area contributed by atoms with Gasteiger partial charge in [-0.05, 0) is 32.3 Å². The Morgan fingerprint density at radius 3 is 2.48 bits per heavy atom. The van der Waals surface area contributed by atoms with Gasteiger partial charge in [-0.15, -0.1) is 0 Å². The highest BCUT2D eigenvalue weighted by Crippen LogP contribution is 2.15. The molecule has 0 spiro atoms. The van der Waals surface area contributed by atoms with Gasteiger partial charge < -0.3 is 10.2 Å². The molecule has 0 saturated carbocycles. The van der Waals surface area contributed by atoms with E-state index in [-0.39, 0.29) is 23.7 Å². The fraction of sp³-hybridized carbons (Fsp3) is 0.588. The number of urea groups is 1. The molecule has 0 unspecified atom stereocenters. The summed E-state index contributed by atoms with van der Waals surface area (Å²) in [5.74, 6) is 0.171. The van der Waals surface area contributed by atoms with E-state index in [0.717, 1.165) is 0 Å². The first-order chi connectivity index (χ1) is 10.6. The van der Waals surface area contributed by atoms with Crippen molar-refractivity contribution in [2.45, 2.75) is 39.7 Å². The largest absolute Gasteiger partial charge is 0.337 e. The van der Waals surface area contributed by atoms with Crippen LogP contribution >= 0.6 is 0 Å². The lowest BCUT2D eigenvalue weighted by atomic mass is 9.99. The Labute approximate surface area is 140 Å². The van der Waals surface area contributed by atoms with E-state index in [4.69, 9.17) is 0 Å². The maximum Gasteiger partial charge on any atom is 0.317 e. The number of hydrogen-bond acceptors (Lipinski definition) is 3. The summed E-state index contributed by atoms with van der Waals surface area (Å²) in [7, 11) is -3.11. The third-order valence-electron chi connectivity index (χ3n) is 3.85. The third-order valence-corrected chi connectivity index (χ3v) is 4.94. The highest BCUT2D eigenvalue weighted by Gasteiger charge is 2.22. The van der Waals surface area contributed by atoms with Gasteiger partial charge in [-0.3, -0.25) is 0 Å². The second kappa shape index (κ2) is 8.34. The van der Waals surface area contributed by atoms with Crippen LogP contribution in [-0.2, 0) is 9.84 Å². The summed E-state index contributed by atoms with van der Waals surface area (Å²) in [4.78, 5) is 13.9. The summed E-state index contributed by atoms with van der Waals surface area (Å²) in [5, 5.41) is 2.91. The first kappa shape index (κ1) is 19.5. The summed E-state index contributed by atoms with van der Waals surface area (Å²) >= 11 is 0. The molecule has 6 heteroatoms. The Kier molecular flexibility index (Phi) is 7.06. The summed E-state index contributed by atoms with van der Waals surface area (Å²) in [5.41, 5.74) is 2.37.